The minimum Gasteiger partial charge on any atom is -0.330 e. The molecule has 1 heteroatoms. The molecule has 17 heavy (non-hydrogen) atoms. The second kappa shape index (κ2) is 4.26. The molecule has 2 N–H and O–H groups in total. The van der Waals surface area contributed by atoms with Crippen molar-refractivity contribution in [2.45, 2.75) is 58.8 Å². The maximum atomic E-state index is 6.28. The number of hydrogen-bond acceptors (Lipinski definition) is 1. The summed E-state index contributed by atoms with van der Waals surface area (Å²) in [5.74, 6) is 4.84. The van der Waals surface area contributed by atoms with Crippen molar-refractivity contribution in [3.05, 3.63) is 0 Å². The van der Waals surface area contributed by atoms with Gasteiger partial charge in [0, 0.05) is 0 Å². The fourth-order valence-corrected chi connectivity index (χ4v) is 5.82. The van der Waals surface area contributed by atoms with Gasteiger partial charge in [-0.05, 0) is 80.1 Å². The quantitative estimate of drug-likeness (QED) is 0.773. The van der Waals surface area contributed by atoms with Gasteiger partial charge in [-0.1, -0.05) is 20.3 Å². The first kappa shape index (κ1) is 12.0. The molecule has 0 amide bonds. The highest BCUT2D eigenvalue weighted by Gasteiger charge is 2.54. The summed E-state index contributed by atoms with van der Waals surface area (Å²) in [6.45, 7) is 5.89. The summed E-state index contributed by atoms with van der Waals surface area (Å²) in [5, 5.41) is 0. The van der Waals surface area contributed by atoms with Gasteiger partial charge in [-0.25, -0.2) is 0 Å². The highest BCUT2D eigenvalue weighted by atomic mass is 14.7. The molecular formula is C16H29N. The predicted molar refractivity (Wildman–Crippen MR) is 72.6 cm³/mol. The first-order valence-electron chi connectivity index (χ1n) is 7.84. The molecule has 98 valence electrons. The van der Waals surface area contributed by atoms with Crippen LogP contribution in [0.15, 0.2) is 0 Å². The van der Waals surface area contributed by atoms with E-state index in [4.69, 9.17) is 5.73 Å². The number of fused-ring (bicyclic) bond motifs is 2. The van der Waals surface area contributed by atoms with E-state index in [1.54, 1.807) is 0 Å². The zero-order valence-electron chi connectivity index (χ0n) is 11.6. The number of rotatable bonds is 2. The van der Waals surface area contributed by atoms with Gasteiger partial charge in [0.15, 0.2) is 0 Å². The van der Waals surface area contributed by atoms with Crippen molar-refractivity contribution in [1.29, 1.82) is 0 Å². The fraction of sp³-hybridized carbons (Fsp3) is 1.00. The molecule has 3 saturated carbocycles. The van der Waals surface area contributed by atoms with E-state index in [-0.39, 0.29) is 0 Å². The van der Waals surface area contributed by atoms with Gasteiger partial charge in [-0.15, -0.1) is 0 Å². The molecule has 0 aliphatic heterocycles. The molecule has 5 atom stereocenters. The molecule has 0 aromatic rings. The van der Waals surface area contributed by atoms with Crippen LogP contribution < -0.4 is 5.73 Å². The normalized spacial score (nSPS) is 54.2. The van der Waals surface area contributed by atoms with Crippen molar-refractivity contribution in [3.8, 4) is 0 Å². The summed E-state index contributed by atoms with van der Waals surface area (Å²) in [7, 11) is 0. The van der Waals surface area contributed by atoms with Gasteiger partial charge in [0.1, 0.15) is 0 Å². The van der Waals surface area contributed by atoms with Crippen LogP contribution >= 0.6 is 0 Å². The molecule has 5 unspecified atom stereocenters. The summed E-state index contributed by atoms with van der Waals surface area (Å²) in [4.78, 5) is 0. The van der Waals surface area contributed by atoms with Crippen molar-refractivity contribution in [1.82, 2.24) is 0 Å². The molecule has 0 radical (unpaired) electrons. The standard InChI is InChI=1S/C16H29N/c1-11-5-12(2)7-15(6-11)16(10-17)9-13-3-4-14(16)8-13/h11-15H,3-10,17H2,1-2H3. The van der Waals surface area contributed by atoms with Crippen LogP contribution in [0.4, 0.5) is 0 Å². The molecule has 0 heterocycles. The Labute approximate surface area is 107 Å². The Balaban J connectivity index is 1.81. The third-order valence-corrected chi connectivity index (χ3v) is 6.39. The highest BCUT2D eigenvalue weighted by Crippen LogP contribution is 2.61. The summed E-state index contributed by atoms with van der Waals surface area (Å²) in [6.07, 6.45) is 10.3. The van der Waals surface area contributed by atoms with E-state index in [2.05, 4.69) is 13.8 Å². The van der Waals surface area contributed by atoms with E-state index in [9.17, 15) is 0 Å². The Bertz CT molecular complexity index is 277. The van der Waals surface area contributed by atoms with E-state index in [1.807, 2.05) is 0 Å². The van der Waals surface area contributed by atoms with Gasteiger partial charge >= 0.3 is 0 Å². The average Bonchev–Trinajstić information content (AvgIpc) is 2.87. The molecule has 1 nitrogen and oxygen atoms in total. The second-order valence-electron chi connectivity index (χ2n) is 7.63. The molecule has 0 aromatic carbocycles. The van der Waals surface area contributed by atoms with Crippen LogP contribution in [0.1, 0.15) is 58.8 Å². The molecule has 0 spiro atoms. The molecular weight excluding hydrogens is 206 g/mol. The minimum atomic E-state index is 0.561. The molecule has 3 aliphatic carbocycles. The van der Waals surface area contributed by atoms with Crippen LogP contribution in [-0.4, -0.2) is 6.54 Å². The Morgan fingerprint density at radius 2 is 1.65 bits per heavy atom. The largest absolute Gasteiger partial charge is 0.330 e. The van der Waals surface area contributed by atoms with Crippen LogP contribution in [0.2, 0.25) is 0 Å². The fourth-order valence-electron chi connectivity index (χ4n) is 5.82. The summed E-state index contributed by atoms with van der Waals surface area (Å²) in [6, 6.07) is 0. The lowest BCUT2D eigenvalue weighted by Crippen LogP contribution is -2.45. The monoisotopic (exact) mass is 235 g/mol. The van der Waals surface area contributed by atoms with Crippen molar-refractivity contribution >= 4 is 0 Å². The zero-order valence-corrected chi connectivity index (χ0v) is 11.6. The van der Waals surface area contributed by atoms with Crippen molar-refractivity contribution < 1.29 is 0 Å². The van der Waals surface area contributed by atoms with Crippen LogP contribution in [0.5, 0.6) is 0 Å². The Morgan fingerprint density at radius 3 is 2.12 bits per heavy atom. The molecule has 2 bridgehead atoms. The first-order chi connectivity index (χ1) is 8.14. The molecule has 0 aromatic heterocycles. The van der Waals surface area contributed by atoms with E-state index >= 15 is 0 Å². The molecule has 3 aliphatic rings. The van der Waals surface area contributed by atoms with Crippen LogP contribution in [0.25, 0.3) is 0 Å². The second-order valence-corrected chi connectivity index (χ2v) is 7.63. The Kier molecular flexibility index (Phi) is 3.01. The van der Waals surface area contributed by atoms with Crippen LogP contribution in [0, 0.1) is 35.0 Å². The van der Waals surface area contributed by atoms with E-state index in [1.165, 1.54) is 44.9 Å². The zero-order chi connectivity index (χ0) is 12.0. The molecule has 0 saturated heterocycles. The van der Waals surface area contributed by atoms with Gasteiger partial charge in [0.2, 0.25) is 0 Å². The lowest BCUT2D eigenvalue weighted by atomic mass is 9.58. The number of nitrogens with two attached hydrogens (primary N) is 1. The van der Waals surface area contributed by atoms with Crippen molar-refractivity contribution in [3.63, 3.8) is 0 Å². The summed E-state index contributed by atoms with van der Waals surface area (Å²) < 4.78 is 0. The lowest BCUT2D eigenvalue weighted by Gasteiger charge is -2.48. The predicted octanol–water partition coefficient (Wildman–Crippen LogP) is 3.82. The summed E-state index contributed by atoms with van der Waals surface area (Å²) in [5.41, 5.74) is 6.84. The van der Waals surface area contributed by atoms with Gasteiger partial charge < -0.3 is 5.73 Å². The number of hydrogen-bond donors (Lipinski definition) is 1. The average molecular weight is 235 g/mol. The van der Waals surface area contributed by atoms with Crippen LogP contribution in [-0.2, 0) is 0 Å². The molecule has 3 fully saturated rings. The minimum absolute atomic E-state index is 0.561. The third kappa shape index (κ3) is 1.85. The van der Waals surface area contributed by atoms with E-state index in [0.29, 0.717) is 5.41 Å². The van der Waals surface area contributed by atoms with E-state index in [0.717, 1.165) is 36.1 Å². The summed E-state index contributed by atoms with van der Waals surface area (Å²) >= 11 is 0. The van der Waals surface area contributed by atoms with Crippen molar-refractivity contribution in [2.75, 3.05) is 6.54 Å². The van der Waals surface area contributed by atoms with Gasteiger partial charge in [0.05, 0.1) is 0 Å². The van der Waals surface area contributed by atoms with Gasteiger partial charge in [0.25, 0.3) is 0 Å². The van der Waals surface area contributed by atoms with Crippen molar-refractivity contribution in [2.24, 2.45) is 40.7 Å². The topological polar surface area (TPSA) is 26.0 Å². The third-order valence-electron chi connectivity index (χ3n) is 6.39. The van der Waals surface area contributed by atoms with Gasteiger partial charge in [-0.2, -0.15) is 0 Å². The highest BCUT2D eigenvalue weighted by molar-refractivity contribution is 5.05. The van der Waals surface area contributed by atoms with Gasteiger partial charge in [-0.3, -0.25) is 0 Å². The Morgan fingerprint density at radius 1 is 0.941 bits per heavy atom. The smallest absolute Gasteiger partial charge is 0.00151 e. The maximum Gasteiger partial charge on any atom is -0.00151 e. The maximum absolute atomic E-state index is 6.28. The first-order valence-corrected chi connectivity index (χ1v) is 7.84. The molecule has 3 rings (SSSR count). The van der Waals surface area contributed by atoms with Crippen LogP contribution in [0.3, 0.4) is 0 Å². The SMILES string of the molecule is CC1CC(C)CC(C2(CN)CC3CCC2C3)C1. The van der Waals surface area contributed by atoms with E-state index < -0.39 is 0 Å². The lowest BCUT2D eigenvalue weighted by molar-refractivity contribution is 0.0275. The Hall–Kier alpha value is -0.0400.